The number of aromatic nitrogens is 2. The maximum Gasteiger partial charge on any atom is 0.105 e. The highest BCUT2D eigenvalue weighted by Crippen LogP contribution is 2.08. The summed E-state index contributed by atoms with van der Waals surface area (Å²) in [5.74, 6) is 1.10. The summed E-state index contributed by atoms with van der Waals surface area (Å²) in [4.78, 5) is 4.23. The van der Waals surface area contributed by atoms with Crippen molar-refractivity contribution in [2.75, 3.05) is 0 Å². The minimum absolute atomic E-state index is 1.06. The first-order chi connectivity index (χ1) is 8.29. The second-order valence-electron chi connectivity index (χ2n) is 4.44. The van der Waals surface area contributed by atoms with E-state index in [2.05, 4.69) is 53.9 Å². The van der Waals surface area contributed by atoms with Crippen LogP contribution < -0.4 is 0 Å². The summed E-state index contributed by atoms with van der Waals surface area (Å²) in [6, 6.07) is 8.97. The van der Waals surface area contributed by atoms with Gasteiger partial charge in [0, 0.05) is 18.9 Å². The van der Waals surface area contributed by atoms with Gasteiger partial charge in [0.2, 0.25) is 0 Å². The topological polar surface area (TPSA) is 17.8 Å². The predicted octanol–water partition coefficient (Wildman–Crippen LogP) is 3.39. The van der Waals surface area contributed by atoms with E-state index in [-0.39, 0.29) is 0 Å². The van der Waals surface area contributed by atoms with Gasteiger partial charge in [-0.3, -0.25) is 0 Å². The molecule has 1 heterocycles. The van der Waals surface area contributed by atoms with E-state index in [0.29, 0.717) is 0 Å². The third kappa shape index (κ3) is 3.19. The van der Waals surface area contributed by atoms with Crippen LogP contribution in [0.15, 0.2) is 36.7 Å². The number of benzene rings is 1. The third-order valence-electron chi connectivity index (χ3n) is 3.22. The Balaban J connectivity index is 1.83. The molecule has 0 amide bonds. The SMILES string of the molecule is CCc1ccc(CCCn2ccnc2C)cc1. The number of rotatable bonds is 5. The van der Waals surface area contributed by atoms with Crippen molar-refractivity contribution in [3.05, 3.63) is 53.6 Å². The zero-order valence-electron chi connectivity index (χ0n) is 10.7. The molecule has 0 saturated heterocycles. The van der Waals surface area contributed by atoms with E-state index in [4.69, 9.17) is 0 Å². The lowest BCUT2D eigenvalue weighted by molar-refractivity contribution is 0.625. The lowest BCUT2D eigenvalue weighted by Crippen LogP contribution is -2.00. The Labute approximate surface area is 103 Å². The normalized spacial score (nSPS) is 10.7. The number of imidazole rings is 1. The first-order valence-corrected chi connectivity index (χ1v) is 6.35. The lowest BCUT2D eigenvalue weighted by atomic mass is 10.1. The second-order valence-corrected chi connectivity index (χ2v) is 4.44. The molecule has 90 valence electrons. The van der Waals surface area contributed by atoms with Gasteiger partial charge in [0.05, 0.1) is 0 Å². The van der Waals surface area contributed by atoms with Crippen LogP contribution in [0.4, 0.5) is 0 Å². The van der Waals surface area contributed by atoms with Gasteiger partial charge in [-0.1, -0.05) is 31.2 Å². The van der Waals surface area contributed by atoms with Gasteiger partial charge in [-0.25, -0.2) is 4.98 Å². The Bertz CT molecular complexity index is 454. The quantitative estimate of drug-likeness (QED) is 0.767. The number of hydrogen-bond acceptors (Lipinski definition) is 1. The molecular formula is C15H20N2. The van der Waals surface area contributed by atoms with E-state index in [0.717, 1.165) is 25.2 Å². The summed E-state index contributed by atoms with van der Waals surface area (Å²) in [6.07, 6.45) is 7.35. The Morgan fingerprint density at radius 2 is 1.82 bits per heavy atom. The number of aryl methyl sites for hydroxylation is 4. The molecule has 17 heavy (non-hydrogen) atoms. The zero-order chi connectivity index (χ0) is 12.1. The maximum atomic E-state index is 4.23. The summed E-state index contributed by atoms with van der Waals surface area (Å²) >= 11 is 0. The Kier molecular flexibility index (Phi) is 3.97. The molecule has 2 rings (SSSR count). The Morgan fingerprint density at radius 1 is 1.12 bits per heavy atom. The lowest BCUT2D eigenvalue weighted by Gasteiger charge is -2.05. The molecule has 0 bridgehead atoms. The summed E-state index contributed by atoms with van der Waals surface area (Å²) in [6.45, 7) is 5.30. The van der Waals surface area contributed by atoms with Gasteiger partial charge in [-0.2, -0.15) is 0 Å². The van der Waals surface area contributed by atoms with E-state index < -0.39 is 0 Å². The van der Waals surface area contributed by atoms with Crippen molar-refractivity contribution in [3.63, 3.8) is 0 Å². The third-order valence-corrected chi connectivity index (χ3v) is 3.22. The highest BCUT2D eigenvalue weighted by molar-refractivity contribution is 5.22. The van der Waals surface area contributed by atoms with E-state index in [9.17, 15) is 0 Å². The van der Waals surface area contributed by atoms with Crippen LogP contribution in [-0.2, 0) is 19.4 Å². The van der Waals surface area contributed by atoms with E-state index >= 15 is 0 Å². The molecule has 0 radical (unpaired) electrons. The Morgan fingerprint density at radius 3 is 2.41 bits per heavy atom. The van der Waals surface area contributed by atoms with Crippen molar-refractivity contribution >= 4 is 0 Å². The molecule has 0 atom stereocenters. The van der Waals surface area contributed by atoms with Crippen molar-refractivity contribution in [1.82, 2.24) is 9.55 Å². The largest absolute Gasteiger partial charge is 0.335 e. The van der Waals surface area contributed by atoms with Crippen LogP contribution in [0.5, 0.6) is 0 Å². The molecule has 0 aliphatic heterocycles. The molecule has 0 aliphatic rings. The standard InChI is InChI=1S/C15H20N2/c1-3-14-6-8-15(9-7-14)5-4-11-17-12-10-16-13(17)2/h6-10,12H,3-5,11H2,1-2H3. The first-order valence-electron chi connectivity index (χ1n) is 6.35. The molecule has 0 spiro atoms. The second kappa shape index (κ2) is 5.67. The highest BCUT2D eigenvalue weighted by atomic mass is 15.0. The van der Waals surface area contributed by atoms with Crippen LogP contribution in [-0.4, -0.2) is 9.55 Å². The summed E-state index contributed by atoms with van der Waals surface area (Å²) < 4.78 is 2.21. The van der Waals surface area contributed by atoms with Gasteiger partial charge in [-0.05, 0) is 37.3 Å². The molecule has 1 aromatic heterocycles. The minimum Gasteiger partial charge on any atom is -0.335 e. The molecule has 2 heteroatoms. The van der Waals surface area contributed by atoms with Crippen molar-refractivity contribution in [2.45, 2.75) is 39.7 Å². The van der Waals surface area contributed by atoms with Crippen molar-refractivity contribution in [1.29, 1.82) is 0 Å². The fourth-order valence-corrected chi connectivity index (χ4v) is 2.04. The average Bonchev–Trinajstić information content (AvgIpc) is 2.76. The van der Waals surface area contributed by atoms with Gasteiger partial charge in [-0.15, -0.1) is 0 Å². The van der Waals surface area contributed by atoms with Crippen molar-refractivity contribution in [2.24, 2.45) is 0 Å². The van der Waals surface area contributed by atoms with Crippen LogP contribution in [0, 0.1) is 6.92 Å². The van der Waals surface area contributed by atoms with Crippen LogP contribution in [0.3, 0.4) is 0 Å². The van der Waals surface area contributed by atoms with Gasteiger partial charge >= 0.3 is 0 Å². The van der Waals surface area contributed by atoms with Gasteiger partial charge in [0.1, 0.15) is 5.82 Å². The molecule has 2 aromatic rings. The maximum absolute atomic E-state index is 4.23. The van der Waals surface area contributed by atoms with Gasteiger partial charge in [0.25, 0.3) is 0 Å². The molecule has 0 unspecified atom stereocenters. The summed E-state index contributed by atoms with van der Waals surface area (Å²) in [5, 5.41) is 0. The Hall–Kier alpha value is -1.57. The van der Waals surface area contributed by atoms with E-state index in [1.165, 1.54) is 17.5 Å². The molecule has 2 nitrogen and oxygen atoms in total. The van der Waals surface area contributed by atoms with Crippen LogP contribution in [0.25, 0.3) is 0 Å². The van der Waals surface area contributed by atoms with Crippen molar-refractivity contribution in [3.8, 4) is 0 Å². The zero-order valence-corrected chi connectivity index (χ0v) is 10.7. The molecule has 0 saturated carbocycles. The van der Waals surface area contributed by atoms with Crippen molar-refractivity contribution < 1.29 is 0 Å². The van der Waals surface area contributed by atoms with E-state index in [1.807, 2.05) is 6.20 Å². The monoisotopic (exact) mass is 228 g/mol. The van der Waals surface area contributed by atoms with Crippen LogP contribution >= 0.6 is 0 Å². The van der Waals surface area contributed by atoms with E-state index in [1.54, 1.807) is 0 Å². The number of hydrogen-bond donors (Lipinski definition) is 0. The fourth-order valence-electron chi connectivity index (χ4n) is 2.04. The first kappa shape index (κ1) is 11.9. The molecule has 0 fully saturated rings. The smallest absolute Gasteiger partial charge is 0.105 e. The number of nitrogens with zero attached hydrogens (tertiary/aromatic N) is 2. The molecule has 0 aliphatic carbocycles. The highest BCUT2D eigenvalue weighted by Gasteiger charge is 1.98. The molecule has 1 aromatic carbocycles. The average molecular weight is 228 g/mol. The van der Waals surface area contributed by atoms with Crippen LogP contribution in [0.1, 0.15) is 30.3 Å². The fraction of sp³-hybridized carbons (Fsp3) is 0.400. The predicted molar refractivity (Wildman–Crippen MR) is 71.1 cm³/mol. The van der Waals surface area contributed by atoms with Gasteiger partial charge in [0.15, 0.2) is 0 Å². The van der Waals surface area contributed by atoms with Gasteiger partial charge < -0.3 is 4.57 Å². The summed E-state index contributed by atoms with van der Waals surface area (Å²) in [5.41, 5.74) is 2.85. The summed E-state index contributed by atoms with van der Waals surface area (Å²) in [7, 11) is 0. The van der Waals surface area contributed by atoms with Crippen LogP contribution in [0.2, 0.25) is 0 Å². The minimum atomic E-state index is 1.06. The molecule has 0 N–H and O–H groups in total. The molecular weight excluding hydrogens is 208 g/mol.